The smallest absolute Gasteiger partial charge is 0.231 e. The lowest BCUT2D eigenvalue weighted by Gasteiger charge is -2.27. The van der Waals surface area contributed by atoms with E-state index in [4.69, 9.17) is 14.6 Å². The fourth-order valence-corrected chi connectivity index (χ4v) is 2.42. The Labute approximate surface area is 129 Å². The Hall–Kier alpha value is -1.92. The first-order chi connectivity index (χ1) is 10.5. The molecule has 0 aliphatic carbocycles. The zero-order valence-corrected chi connectivity index (χ0v) is 12.9. The molecule has 0 bridgehead atoms. The summed E-state index contributed by atoms with van der Waals surface area (Å²) in [6.45, 7) is 3.79. The molecule has 0 fully saturated rings. The van der Waals surface area contributed by atoms with E-state index in [0.717, 1.165) is 17.1 Å². The van der Waals surface area contributed by atoms with Crippen molar-refractivity contribution >= 4 is 11.6 Å². The molecule has 120 valence electrons. The molecule has 1 aromatic rings. The first-order valence-corrected chi connectivity index (χ1v) is 7.28. The van der Waals surface area contributed by atoms with Gasteiger partial charge in [0, 0.05) is 19.5 Å². The van der Waals surface area contributed by atoms with E-state index in [0.29, 0.717) is 13.0 Å². The maximum atomic E-state index is 11.6. The van der Waals surface area contributed by atoms with Crippen LogP contribution in [0, 0.1) is 0 Å². The summed E-state index contributed by atoms with van der Waals surface area (Å²) >= 11 is 0. The number of ether oxygens (including phenoxy) is 2. The van der Waals surface area contributed by atoms with E-state index in [-0.39, 0.29) is 26.0 Å². The van der Waals surface area contributed by atoms with Gasteiger partial charge in [-0.15, -0.1) is 0 Å². The lowest BCUT2D eigenvalue weighted by Crippen LogP contribution is -2.41. The highest BCUT2D eigenvalue weighted by molar-refractivity contribution is 6.37. The Bertz CT molecular complexity index is 557. The zero-order chi connectivity index (χ0) is 16.1. The van der Waals surface area contributed by atoms with Gasteiger partial charge in [0.25, 0.3) is 0 Å². The van der Waals surface area contributed by atoms with E-state index >= 15 is 0 Å². The number of aliphatic hydroxyl groups excluding tert-OH is 1. The second kappa shape index (κ2) is 7.38. The van der Waals surface area contributed by atoms with Crippen LogP contribution in [0.1, 0.15) is 19.4 Å². The molecule has 0 saturated heterocycles. The minimum atomic E-state index is -0.460. The number of hydrogen-bond donors (Lipinski definition) is 1. The Morgan fingerprint density at radius 3 is 2.73 bits per heavy atom. The van der Waals surface area contributed by atoms with Crippen LogP contribution in [-0.4, -0.2) is 54.1 Å². The van der Waals surface area contributed by atoms with Crippen LogP contribution in [0.5, 0.6) is 11.5 Å². The number of Topliss-reactive ketones (excluding diaryl/α,β-unsaturated/α-hetero) is 2. The maximum absolute atomic E-state index is 11.6. The van der Waals surface area contributed by atoms with Gasteiger partial charge in [0.1, 0.15) is 0 Å². The number of benzene rings is 1. The minimum Gasteiger partial charge on any atom is -0.454 e. The molecular weight excluding hydrogens is 286 g/mol. The fourth-order valence-electron chi connectivity index (χ4n) is 2.42. The molecule has 0 radical (unpaired) electrons. The van der Waals surface area contributed by atoms with Crippen LogP contribution in [0.15, 0.2) is 18.2 Å². The van der Waals surface area contributed by atoms with Crippen LogP contribution in [0.25, 0.3) is 0 Å². The molecule has 6 nitrogen and oxygen atoms in total. The third-order valence-electron chi connectivity index (χ3n) is 3.72. The van der Waals surface area contributed by atoms with Crippen molar-refractivity contribution in [3.05, 3.63) is 23.8 Å². The summed E-state index contributed by atoms with van der Waals surface area (Å²) in [5.74, 6) is 0.554. The van der Waals surface area contributed by atoms with Crippen LogP contribution in [-0.2, 0) is 16.0 Å². The molecule has 1 N–H and O–H groups in total. The summed E-state index contributed by atoms with van der Waals surface area (Å²) < 4.78 is 10.6. The first-order valence-electron chi connectivity index (χ1n) is 7.28. The molecule has 1 atom stereocenters. The van der Waals surface area contributed by atoms with E-state index in [2.05, 4.69) is 0 Å². The van der Waals surface area contributed by atoms with Gasteiger partial charge in [-0.2, -0.15) is 0 Å². The van der Waals surface area contributed by atoms with Crippen molar-refractivity contribution < 1.29 is 24.2 Å². The van der Waals surface area contributed by atoms with Crippen LogP contribution >= 0.6 is 0 Å². The summed E-state index contributed by atoms with van der Waals surface area (Å²) in [6.07, 6.45) is 0.682. The van der Waals surface area contributed by atoms with Crippen molar-refractivity contribution in [1.29, 1.82) is 0 Å². The molecule has 0 saturated carbocycles. The molecule has 22 heavy (non-hydrogen) atoms. The van der Waals surface area contributed by atoms with Gasteiger partial charge >= 0.3 is 0 Å². The molecule has 6 heteroatoms. The molecule has 1 aliphatic heterocycles. The summed E-state index contributed by atoms with van der Waals surface area (Å²) in [7, 11) is 0. The number of carbonyl (C=O) groups excluding carboxylic acids is 2. The number of hydrogen-bond acceptors (Lipinski definition) is 6. The van der Waals surface area contributed by atoms with E-state index in [1.54, 1.807) is 0 Å². The third-order valence-corrected chi connectivity index (χ3v) is 3.72. The minimum absolute atomic E-state index is 0.0100. The van der Waals surface area contributed by atoms with Gasteiger partial charge < -0.3 is 14.6 Å². The van der Waals surface area contributed by atoms with Crippen molar-refractivity contribution in [3.63, 3.8) is 0 Å². The average Bonchev–Trinajstić information content (AvgIpc) is 2.94. The lowest BCUT2D eigenvalue weighted by molar-refractivity contribution is -0.136. The molecule has 1 aromatic carbocycles. The number of nitrogens with zero attached hydrogens (tertiary/aromatic N) is 1. The van der Waals surface area contributed by atoms with E-state index in [1.165, 1.54) is 6.92 Å². The van der Waals surface area contributed by atoms with Gasteiger partial charge in [-0.25, -0.2) is 0 Å². The Balaban J connectivity index is 2.02. The highest BCUT2D eigenvalue weighted by Gasteiger charge is 2.20. The Morgan fingerprint density at radius 2 is 2.05 bits per heavy atom. The second-order valence-electron chi connectivity index (χ2n) is 5.41. The molecule has 1 heterocycles. The average molecular weight is 307 g/mol. The Morgan fingerprint density at radius 1 is 1.32 bits per heavy atom. The van der Waals surface area contributed by atoms with Crippen molar-refractivity contribution in [2.24, 2.45) is 0 Å². The molecule has 1 unspecified atom stereocenters. The van der Waals surface area contributed by atoms with Crippen molar-refractivity contribution in [2.45, 2.75) is 26.3 Å². The number of aliphatic hydroxyl groups is 1. The van der Waals surface area contributed by atoms with Crippen molar-refractivity contribution in [2.75, 3.05) is 26.5 Å². The zero-order valence-electron chi connectivity index (χ0n) is 12.9. The van der Waals surface area contributed by atoms with Gasteiger partial charge in [0.2, 0.25) is 12.6 Å². The fraction of sp³-hybridized carbons (Fsp3) is 0.500. The standard InChI is InChI=1S/C16H21NO5/c1-11(17(5-6-18)9-14(20)12(2)19)7-13-3-4-15-16(8-13)22-10-21-15/h3-4,8,11,18H,5-7,9-10H2,1-2H3. The first kappa shape index (κ1) is 16.5. The second-order valence-corrected chi connectivity index (χ2v) is 5.41. The highest BCUT2D eigenvalue weighted by Crippen LogP contribution is 2.32. The van der Waals surface area contributed by atoms with Gasteiger partial charge in [-0.1, -0.05) is 6.07 Å². The summed E-state index contributed by atoms with van der Waals surface area (Å²) in [5.41, 5.74) is 1.05. The van der Waals surface area contributed by atoms with Gasteiger partial charge in [0.15, 0.2) is 17.3 Å². The quantitative estimate of drug-likeness (QED) is 0.716. The largest absolute Gasteiger partial charge is 0.454 e. The number of rotatable bonds is 8. The van der Waals surface area contributed by atoms with Gasteiger partial charge in [-0.05, 0) is 31.0 Å². The normalized spacial score (nSPS) is 14.2. The predicted octanol–water partition coefficient (Wildman–Crippen LogP) is 0.799. The number of ketones is 2. The van der Waals surface area contributed by atoms with Crippen LogP contribution in [0.3, 0.4) is 0 Å². The highest BCUT2D eigenvalue weighted by atomic mass is 16.7. The Kier molecular flexibility index (Phi) is 5.51. The summed E-state index contributed by atoms with van der Waals surface area (Å²) in [5, 5.41) is 9.16. The van der Waals surface area contributed by atoms with Crippen LogP contribution < -0.4 is 9.47 Å². The van der Waals surface area contributed by atoms with E-state index in [9.17, 15) is 9.59 Å². The topological polar surface area (TPSA) is 76.1 Å². The lowest BCUT2D eigenvalue weighted by atomic mass is 10.0. The van der Waals surface area contributed by atoms with E-state index < -0.39 is 11.6 Å². The third kappa shape index (κ3) is 4.05. The predicted molar refractivity (Wildman–Crippen MR) is 80.1 cm³/mol. The SMILES string of the molecule is CC(=O)C(=O)CN(CCO)C(C)Cc1ccc2c(c1)OCO2. The molecule has 1 aliphatic rings. The van der Waals surface area contributed by atoms with Crippen LogP contribution in [0.4, 0.5) is 0 Å². The summed E-state index contributed by atoms with van der Waals surface area (Å²) in [4.78, 5) is 24.6. The van der Waals surface area contributed by atoms with Gasteiger partial charge in [0.05, 0.1) is 13.2 Å². The van der Waals surface area contributed by atoms with E-state index in [1.807, 2.05) is 30.0 Å². The summed E-state index contributed by atoms with van der Waals surface area (Å²) in [6, 6.07) is 5.74. The number of fused-ring (bicyclic) bond motifs is 1. The molecular formula is C16H21NO5. The maximum Gasteiger partial charge on any atom is 0.231 e. The monoisotopic (exact) mass is 307 g/mol. The van der Waals surface area contributed by atoms with Crippen LogP contribution in [0.2, 0.25) is 0 Å². The molecule has 0 amide bonds. The van der Waals surface area contributed by atoms with Crippen molar-refractivity contribution in [3.8, 4) is 11.5 Å². The van der Waals surface area contributed by atoms with Gasteiger partial charge in [-0.3, -0.25) is 14.5 Å². The number of carbonyl (C=O) groups is 2. The van der Waals surface area contributed by atoms with Crippen molar-refractivity contribution in [1.82, 2.24) is 4.90 Å². The molecule has 0 aromatic heterocycles. The molecule has 0 spiro atoms. The molecule has 2 rings (SSSR count).